The number of hydrogen-bond acceptors (Lipinski definition) is 5. The van der Waals surface area contributed by atoms with Crippen LogP contribution in [-0.2, 0) is 6.42 Å². The number of aromatic nitrogens is 2. The second kappa shape index (κ2) is 4.14. The van der Waals surface area contributed by atoms with Gasteiger partial charge >= 0.3 is 0 Å². The van der Waals surface area contributed by atoms with Gasteiger partial charge in [-0.1, -0.05) is 6.92 Å². The number of rotatable bonds is 2. The Balaban J connectivity index is 1.82. The van der Waals surface area contributed by atoms with Crippen LogP contribution in [0.1, 0.15) is 19.0 Å². The lowest BCUT2D eigenvalue weighted by atomic mass is 10.1. The molecule has 0 aliphatic carbocycles. The van der Waals surface area contributed by atoms with E-state index in [0.717, 1.165) is 43.5 Å². The fourth-order valence-electron chi connectivity index (χ4n) is 2.88. The zero-order valence-electron chi connectivity index (χ0n) is 10.2. The van der Waals surface area contributed by atoms with Crippen LogP contribution in [-0.4, -0.2) is 35.6 Å². The minimum atomic E-state index is 0.393. The Morgan fingerprint density at radius 3 is 3.12 bits per heavy atom. The lowest BCUT2D eigenvalue weighted by molar-refractivity contribution is 0.556. The molecule has 1 aromatic rings. The van der Waals surface area contributed by atoms with Crippen molar-refractivity contribution in [1.82, 2.24) is 15.3 Å². The lowest BCUT2D eigenvalue weighted by Gasteiger charge is -2.19. The number of fused-ring (bicyclic) bond motifs is 1. The number of nitrogens with two attached hydrogens (primary N) is 1. The third-order valence-electron chi connectivity index (χ3n) is 3.83. The van der Waals surface area contributed by atoms with Gasteiger partial charge < -0.3 is 16.0 Å². The summed E-state index contributed by atoms with van der Waals surface area (Å²) in [6.07, 6.45) is 2.18. The van der Waals surface area contributed by atoms with E-state index in [0.29, 0.717) is 12.0 Å². The Hall–Kier alpha value is -1.36. The molecule has 0 saturated carbocycles. The molecule has 17 heavy (non-hydrogen) atoms. The third kappa shape index (κ3) is 1.95. The van der Waals surface area contributed by atoms with Crippen molar-refractivity contribution in [3.63, 3.8) is 0 Å². The Morgan fingerprint density at radius 1 is 1.47 bits per heavy atom. The van der Waals surface area contributed by atoms with E-state index < -0.39 is 0 Å². The van der Waals surface area contributed by atoms with E-state index in [2.05, 4.69) is 33.2 Å². The predicted octanol–water partition coefficient (Wildman–Crippen LogP) is 0.419. The van der Waals surface area contributed by atoms with Gasteiger partial charge in [-0.2, -0.15) is 4.98 Å². The first-order chi connectivity index (χ1) is 8.26. The molecule has 0 bridgehead atoms. The van der Waals surface area contributed by atoms with Gasteiger partial charge in [0, 0.05) is 30.9 Å². The highest BCUT2D eigenvalue weighted by Crippen LogP contribution is 2.28. The quantitative estimate of drug-likeness (QED) is 0.775. The molecule has 2 saturated heterocycles. The number of nitrogens with zero attached hydrogens (tertiary/aromatic N) is 3. The van der Waals surface area contributed by atoms with Crippen LogP contribution in [0.3, 0.4) is 0 Å². The van der Waals surface area contributed by atoms with E-state index in [-0.39, 0.29) is 0 Å². The number of nitrogen functional groups attached to an aromatic ring is 1. The fraction of sp³-hybridized carbons (Fsp3) is 0.667. The van der Waals surface area contributed by atoms with Crippen LogP contribution in [0.2, 0.25) is 0 Å². The number of aryl methyl sites for hydroxylation is 1. The molecule has 3 N–H and O–H groups in total. The predicted molar refractivity (Wildman–Crippen MR) is 67.9 cm³/mol. The second-order valence-electron chi connectivity index (χ2n) is 4.94. The van der Waals surface area contributed by atoms with Crippen LogP contribution in [0.25, 0.3) is 0 Å². The number of hydrogen-bond donors (Lipinski definition) is 2. The topological polar surface area (TPSA) is 67.1 Å². The van der Waals surface area contributed by atoms with Crippen molar-refractivity contribution >= 4 is 11.8 Å². The maximum Gasteiger partial charge on any atom is 0.222 e. The normalized spacial score (nSPS) is 27.5. The standard InChI is InChI=1S/C12H19N5/c1-2-9-5-11(16-12(13)15-9)17-6-8-3-4-14-10(8)7-17/h5,8,10,14H,2-4,6-7H2,1H3,(H2,13,15,16)/t8-,10+/m1/s1. The molecule has 5 nitrogen and oxygen atoms in total. The van der Waals surface area contributed by atoms with Crippen molar-refractivity contribution in [3.05, 3.63) is 11.8 Å². The van der Waals surface area contributed by atoms with Crippen LogP contribution in [0, 0.1) is 5.92 Å². The highest BCUT2D eigenvalue weighted by atomic mass is 15.3. The summed E-state index contributed by atoms with van der Waals surface area (Å²) in [5.41, 5.74) is 6.78. The number of nitrogens with one attached hydrogen (secondary N) is 1. The van der Waals surface area contributed by atoms with Gasteiger partial charge in [-0.15, -0.1) is 0 Å². The Bertz CT molecular complexity index is 407. The van der Waals surface area contributed by atoms with Crippen molar-refractivity contribution in [2.45, 2.75) is 25.8 Å². The van der Waals surface area contributed by atoms with Crippen molar-refractivity contribution in [1.29, 1.82) is 0 Å². The summed E-state index contributed by atoms with van der Waals surface area (Å²) in [6, 6.07) is 2.70. The monoisotopic (exact) mass is 233 g/mol. The van der Waals surface area contributed by atoms with E-state index in [9.17, 15) is 0 Å². The molecule has 2 fully saturated rings. The highest BCUT2D eigenvalue weighted by molar-refractivity contribution is 5.45. The van der Waals surface area contributed by atoms with Crippen LogP contribution >= 0.6 is 0 Å². The molecule has 2 aliphatic rings. The van der Waals surface area contributed by atoms with Crippen LogP contribution < -0.4 is 16.0 Å². The van der Waals surface area contributed by atoms with Gasteiger partial charge in [0.2, 0.25) is 5.95 Å². The molecule has 0 aromatic carbocycles. The average Bonchev–Trinajstić information content (AvgIpc) is 2.88. The molecule has 0 amide bonds. The van der Waals surface area contributed by atoms with Crippen LogP contribution in [0.15, 0.2) is 6.07 Å². The maximum absolute atomic E-state index is 5.75. The molecular weight excluding hydrogens is 214 g/mol. The van der Waals surface area contributed by atoms with Gasteiger partial charge in [0.05, 0.1) is 0 Å². The summed E-state index contributed by atoms with van der Waals surface area (Å²) >= 11 is 0. The van der Waals surface area contributed by atoms with E-state index >= 15 is 0 Å². The van der Waals surface area contributed by atoms with Crippen molar-refractivity contribution in [2.75, 3.05) is 30.3 Å². The van der Waals surface area contributed by atoms with Gasteiger partial charge in [-0.25, -0.2) is 4.98 Å². The zero-order valence-corrected chi connectivity index (χ0v) is 10.2. The second-order valence-corrected chi connectivity index (χ2v) is 4.94. The molecule has 3 heterocycles. The Labute approximate surface area is 101 Å². The molecule has 2 atom stereocenters. The maximum atomic E-state index is 5.75. The van der Waals surface area contributed by atoms with Crippen molar-refractivity contribution in [3.8, 4) is 0 Å². The molecule has 2 aliphatic heterocycles. The van der Waals surface area contributed by atoms with Crippen molar-refractivity contribution in [2.24, 2.45) is 5.92 Å². The van der Waals surface area contributed by atoms with Gasteiger partial charge in [0.15, 0.2) is 0 Å². The molecule has 1 aromatic heterocycles. The molecule has 3 rings (SSSR count). The van der Waals surface area contributed by atoms with Crippen LogP contribution in [0.5, 0.6) is 0 Å². The molecule has 5 heteroatoms. The summed E-state index contributed by atoms with van der Waals surface area (Å²) in [4.78, 5) is 10.9. The smallest absolute Gasteiger partial charge is 0.222 e. The molecule has 0 radical (unpaired) electrons. The van der Waals surface area contributed by atoms with Gasteiger partial charge in [-0.05, 0) is 25.3 Å². The first-order valence-electron chi connectivity index (χ1n) is 6.38. The van der Waals surface area contributed by atoms with Gasteiger partial charge in [0.25, 0.3) is 0 Å². The molecule has 0 unspecified atom stereocenters. The first-order valence-corrected chi connectivity index (χ1v) is 6.38. The summed E-state index contributed by atoms with van der Waals surface area (Å²) in [6.45, 7) is 5.39. The average molecular weight is 233 g/mol. The lowest BCUT2D eigenvalue weighted by Crippen LogP contribution is -2.30. The van der Waals surface area contributed by atoms with E-state index in [4.69, 9.17) is 5.73 Å². The molecular formula is C12H19N5. The fourth-order valence-corrected chi connectivity index (χ4v) is 2.88. The molecule has 92 valence electrons. The SMILES string of the molecule is CCc1cc(N2C[C@H]3CCN[C@H]3C2)nc(N)n1. The summed E-state index contributed by atoms with van der Waals surface area (Å²) in [7, 11) is 0. The van der Waals surface area contributed by atoms with E-state index in [1.165, 1.54) is 6.42 Å². The van der Waals surface area contributed by atoms with Crippen LogP contribution in [0.4, 0.5) is 11.8 Å². The highest BCUT2D eigenvalue weighted by Gasteiger charge is 2.36. The van der Waals surface area contributed by atoms with Gasteiger partial charge in [-0.3, -0.25) is 0 Å². The minimum Gasteiger partial charge on any atom is -0.368 e. The summed E-state index contributed by atoms with van der Waals surface area (Å²) in [5.74, 6) is 2.16. The van der Waals surface area contributed by atoms with Crippen molar-refractivity contribution < 1.29 is 0 Å². The molecule has 0 spiro atoms. The third-order valence-corrected chi connectivity index (χ3v) is 3.83. The van der Waals surface area contributed by atoms with Gasteiger partial charge in [0.1, 0.15) is 5.82 Å². The van der Waals surface area contributed by atoms with E-state index in [1.807, 2.05) is 0 Å². The van der Waals surface area contributed by atoms with E-state index in [1.54, 1.807) is 0 Å². The summed E-state index contributed by atoms with van der Waals surface area (Å²) < 4.78 is 0. The summed E-state index contributed by atoms with van der Waals surface area (Å²) in [5, 5.41) is 3.55. The minimum absolute atomic E-state index is 0.393. The largest absolute Gasteiger partial charge is 0.368 e. The Kier molecular flexibility index (Phi) is 2.63. The number of anilines is 2. The Morgan fingerprint density at radius 2 is 2.35 bits per heavy atom. The first kappa shape index (κ1) is 10.8. The zero-order chi connectivity index (χ0) is 11.8.